The van der Waals surface area contributed by atoms with Crippen molar-refractivity contribution in [2.45, 2.75) is 6.92 Å². The summed E-state index contributed by atoms with van der Waals surface area (Å²) in [5.41, 5.74) is 5.83. The number of hydrogen-bond donors (Lipinski definition) is 2. The number of amides is 1. The van der Waals surface area contributed by atoms with Crippen LogP contribution in [0.15, 0.2) is 9.80 Å². The van der Waals surface area contributed by atoms with Gasteiger partial charge in [0.25, 0.3) is 11.9 Å². The van der Waals surface area contributed by atoms with Crippen molar-refractivity contribution in [1.82, 2.24) is 9.97 Å². The molecule has 0 aromatic carbocycles. The first-order valence-corrected chi connectivity index (χ1v) is 6.02. The van der Waals surface area contributed by atoms with E-state index in [1.54, 1.807) is 6.92 Å². The summed E-state index contributed by atoms with van der Waals surface area (Å²) in [6, 6.07) is -0.0224. The Balaban J connectivity index is 2.13. The molecule has 1 amide bonds. The maximum absolute atomic E-state index is 11.9. The molecule has 2 heterocycles. The summed E-state index contributed by atoms with van der Waals surface area (Å²) in [6.07, 6.45) is 0. The van der Waals surface area contributed by atoms with Crippen LogP contribution in [0.1, 0.15) is 16.2 Å². The summed E-state index contributed by atoms with van der Waals surface area (Å²) in [4.78, 5) is 21.8. The molecule has 2 aromatic heterocycles. The van der Waals surface area contributed by atoms with E-state index in [9.17, 15) is 4.79 Å². The molecule has 18 heavy (non-hydrogen) atoms. The number of aryl methyl sites for hydroxylation is 1. The van der Waals surface area contributed by atoms with Gasteiger partial charge in [-0.05, 0) is 6.92 Å². The third-order valence-corrected chi connectivity index (χ3v) is 2.94. The van der Waals surface area contributed by atoms with Gasteiger partial charge in [0.05, 0.1) is 5.69 Å². The molecule has 0 saturated heterocycles. The first-order valence-electron chi connectivity index (χ1n) is 5.14. The van der Waals surface area contributed by atoms with Gasteiger partial charge in [-0.1, -0.05) is 0 Å². The quantitative estimate of drug-likeness (QED) is 0.871. The molecular weight excluding hydrogens is 254 g/mol. The van der Waals surface area contributed by atoms with Crippen LogP contribution in [-0.2, 0) is 0 Å². The highest BCUT2D eigenvalue weighted by Crippen LogP contribution is 2.22. The van der Waals surface area contributed by atoms with Crippen LogP contribution >= 0.6 is 11.3 Å². The number of oxazole rings is 1. The molecule has 0 radical (unpaired) electrons. The topological polar surface area (TPSA) is 97.3 Å². The van der Waals surface area contributed by atoms with Crippen molar-refractivity contribution in [3.05, 3.63) is 16.8 Å². The van der Waals surface area contributed by atoms with E-state index < -0.39 is 5.91 Å². The molecule has 2 rings (SSSR count). The molecule has 0 spiro atoms. The van der Waals surface area contributed by atoms with Crippen LogP contribution < -0.4 is 16.0 Å². The molecule has 0 bridgehead atoms. The molecule has 0 unspecified atom stereocenters. The zero-order valence-corrected chi connectivity index (χ0v) is 11.0. The van der Waals surface area contributed by atoms with Gasteiger partial charge in [-0.25, -0.2) is 4.98 Å². The maximum Gasteiger partial charge on any atom is 0.295 e. The SMILES string of the molecule is Cc1nc(N)oc1C(=O)Nc1nc(N(C)C)cs1. The Labute approximate surface area is 108 Å². The van der Waals surface area contributed by atoms with Crippen molar-refractivity contribution >= 4 is 34.2 Å². The molecule has 0 atom stereocenters. The van der Waals surface area contributed by atoms with Gasteiger partial charge >= 0.3 is 0 Å². The predicted molar refractivity (Wildman–Crippen MR) is 70.0 cm³/mol. The monoisotopic (exact) mass is 267 g/mol. The van der Waals surface area contributed by atoms with Gasteiger partial charge in [0.2, 0.25) is 5.76 Å². The van der Waals surface area contributed by atoms with Crippen LogP contribution in [-0.4, -0.2) is 30.0 Å². The van der Waals surface area contributed by atoms with Crippen molar-refractivity contribution in [2.24, 2.45) is 0 Å². The van der Waals surface area contributed by atoms with Gasteiger partial charge < -0.3 is 15.1 Å². The fourth-order valence-corrected chi connectivity index (χ4v) is 2.09. The minimum atomic E-state index is -0.406. The van der Waals surface area contributed by atoms with Crippen LogP contribution in [0.5, 0.6) is 0 Å². The molecule has 96 valence electrons. The number of thiazole rings is 1. The average molecular weight is 267 g/mol. The zero-order valence-electron chi connectivity index (χ0n) is 10.2. The van der Waals surface area contributed by atoms with Crippen molar-refractivity contribution in [2.75, 3.05) is 30.0 Å². The molecule has 0 aliphatic carbocycles. The van der Waals surface area contributed by atoms with Crippen molar-refractivity contribution in [3.63, 3.8) is 0 Å². The second-order valence-electron chi connectivity index (χ2n) is 3.83. The van der Waals surface area contributed by atoms with E-state index in [-0.39, 0.29) is 11.8 Å². The van der Waals surface area contributed by atoms with Gasteiger partial charge in [0.1, 0.15) is 5.82 Å². The molecule has 0 aliphatic heterocycles. The van der Waals surface area contributed by atoms with Gasteiger partial charge in [-0.15, -0.1) is 11.3 Å². The van der Waals surface area contributed by atoms with E-state index in [2.05, 4.69) is 15.3 Å². The number of nitrogen functional groups attached to an aromatic ring is 1. The van der Waals surface area contributed by atoms with E-state index in [1.165, 1.54) is 11.3 Å². The third-order valence-electron chi connectivity index (χ3n) is 2.19. The Kier molecular flexibility index (Phi) is 3.19. The van der Waals surface area contributed by atoms with Gasteiger partial charge in [0.15, 0.2) is 5.13 Å². The first-order chi connectivity index (χ1) is 8.47. The summed E-state index contributed by atoms with van der Waals surface area (Å²) >= 11 is 1.34. The molecule has 7 nitrogen and oxygen atoms in total. The lowest BCUT2D eigenvalue weighted by atomic mass is 10.3. The summed E-state index contributed by atoms with van der Waals surface area (Å²) in [7, 11) is 3.75. The van der Waals surface area contributed by atoms with Crippen LogP contribution in [0.25, 0.3) is 0 Å². The number of nitrogens with two attached hydrogens (primary N) is 1. The first kappa shape index (κ1) is 12.4. The molecule has 0 aliphatic rings. The van der Waals surface area contributed by atoms with Gasteiger partial charge in [-0.2, -0.15) is 4.98 Å². The molecule has 2 aromatic rings. The van der Waals surface area contributed by atoms with Crippen LogP contribution in [0, 0.1) is 6.92 Å². The summed E-state index contributed by atoms with van der Waals surface area (Å²) < 4.78 is 5.02. The lowest BCUT2D eigenvalue weighted by Gasteiger charge is -2.06. The number of anilines is 3. The smallest absolute Gasteiger partial charge is 0.295 e. The molecule has 3 N–H and O–H groups in total. The number of carbonyl (C=O) groups excluding carboxylic acids is 1. The second kappa shape index (κ2) is 4.65. The highest BCUT2D eigenvalue weighted by molar-refractivity contribution is 7.14. The Morgan fingerprint density at radius 3 is 2.72 bits per heavy atom. The minimum absolute atomic E-state index is 0.0224. The minimum Gasteiger partial charge on any atom is -0.418 e. The highest BCUT2D eigenvalue weighted by Gasteiger charge is 2.17. The van der Waals surface area contributed by atoms with Crippen molar-refractivity contribution in [1.29, 1.82) is 0 Å². The Morgan fingerprint density at radius 2 is 2.22 bits per heavy atom. The third kappa shape index (κ3) is 2.43. The molecule has 0 saturated carbocycles. The number of rotatable bonds is 3. The van der Waals surface area contributed by atoms with Gasteiger partial charge in [0, 0.05) is 19.5 Å². The van der Waals surface area contributed by atoms with Gasteiger partial charge in [-0.3, -0.25) is 10.1 Å². The maximum atomic E-state index is 11.9. The lowest BCUT2D eigenvalue weighted by Crippen LogP contribution is -2.13. The van der Waals surface area contributed by atoms with E-state index >= 15 is 0 Å². The number of nitrogens with zero attached hydrogens (tertiary/aromatic N) is 3. The average Bonchev–Trinajstić information content (AvgIpc) is 2.85. The zero-order chi connectivity index (χ0) is 13.3. The molecule has 0 fully saturated rings. The van der Waals surface area contributed by atoms with E-state index in [4.69, 9.17) is 10.2 Å². The number of carbonyl (C=O) groups is 1. The Hall–Kier alpha value is -2.09. The van der Waals surface area contributed by atoms with E-state index in [0.717, 1.165) is 5.82 Å². The molecule has 8 heteroatoms. The normalized spacial score (nSPS) is 10.4. The summed E-state index contributed by atoms with van der Waals surface area (Å²) in [5.74, 6) is 0.481. The standard InChI is InChI=1S/C10H13N5O2S/c1-5-7(17-9(11)12-5)8(16)14-10-13-6(4-18-10)15(2)3/h4H,1-3H3,(H2,11,12)(H,13,14,16). The number of hydrogen-bond acceptors (Lipinski definition) is 7. The van der Waals surface area contributed by atoms with E-state index in [1.807, 2.05) is 24.4 Å². The number of nitrogens with one attached hydrogen (secondary N) is 1. The fraction of sp³-hybridized carbons (Fsp3) is 0.300. The fourth-order valence-electron chi connectivity index (χ4n) is 1.31. The summed E-state index contributed by atoms with van der Waals surface area (Å²) in [6.45, 7) is 1.65. The highest BCUT2D eigenvalue weighted by atomic mass is 32.1. The molecular formula is C10H13N5O2S. The van der Waals surface area contributed by atoms with E-state index in [0.29, 0.717) is 10.8 Å². The van der Waals surface area contributed by atoms with Crippen LogP contribution in [0.3, 0.4) is 0 Å². The lowest BCUT2D eigenvalue weighted by molar-refractivity contribution is 0.0997. The predicted octanol–water partition coefficient (Wildman–Crippen LogP) is 1.34. The van der Waals surface area contributed by atoms with Crippen LogP contribution in [0.4, 0.5) is 17.0 Å². The number of aromatic nitrogens is 2. The Morgan fingerprint density at radius 1 is 1.50 bits per heavy atom. The Bertz CT molecular complexity index is 575. The van der Waals surface area contributed by atoms with Crippen molar-refractivity contribution < 1.29 is 9.21 Å². The largest absolute Gasteiger partial charge is 0.418 e. The second-order valence-corrected chi connectivity index (χ2v) is 4.68. The van der Waals surface area contributed by atoms with Crippen LogP contribution in [0.2, 0.25) is 0 Å². The van der Waals surface area contributed by atoms with Crippen molar-refractivity contribution in [3.8, 4) is 0 Å². The summed E-state index contributed by atoms with van der Waals surface area (Å²) in [5, 5.41) is 4.98.